The van der Waals surface area contributed by atoms with Crippen molar-refractivity contribution < 1.29 is 13.5 Å². The average Bonchev–Trinajstić information content (AvgIpc) is 2.59. The molecule has 0 amide bonds. The molecule has 1 aliphatic rings. The maximum atomic E-state index is 13.1. The summed E-state index contributed by atoms with van der Waals surface area (Å²) in [6.07, 6.45) is 4.50. The maximum absolute atomic E-state index is 13.1. The molecule has 18 heavy (non-hydrogen) atoms. The number of ether oxygens (including phenoxy) is 1. The molecular formula is C14H15F2NO. The Morgan fingerprint density at radius 3 is 2.61 bits per heavy atom. The van der Waals surface area contributed by atoms with E-state index in [1.54, 1.807) is 0 Å². The van der Waals surface area contributed by atoms with Crippen LogP contribution in [0.4, 0.5) is 8.78 Å². The van der Waals surface area contributed by atoms with Gasteiger partial charge >= 0.3 is 0 Å². The number of hydrogen-bond donors (Lipinski definition) is 0. The smallest absolute Gasteiger partial charge is 0.162 e. The molecule has 0 heterocycles. The lowest BCUT2D eigenvalue weighted by Crippen LogP contribution is -2.25. The second-order valence-electron chi connectivity index (χ2n) is 4.61. The summed E-state index contributed by atoms with van der Waals surface area (Å²) in [6, 6.07) is 5.73. The second kappa shape index (κ2) is 5.81. The monoisotopic (exact) mass is 251 g/mol. The SMILES string of the molecule is N#CC1CCCCCC1Oc1ccc(F)c(F)c1. The Morgan fingerprint density at radius 2 is 1.89 bits per heavy atom. The number of benzene rings is 1. The first-order valence-electron chi connectivity index (χ1n) is 6.22. The molecule has 1 saturated carbocycles. The number of rotatable bonds is 2. The second-order valence-corrected chi connectivity index (χ2v) is 4.61. The standard InChI is InChI=1S/C14H15F2NO/c15-12-7-6-11(8-13(12)16)18-14-5-3-1-2-4-10(14)9-17/h6-8,10,14H,1-5H2. The summed E-state index contributed by atoms with van der Waals surface area (Å²) in [5.74, 6) is -1.68. The van der Waals surface area contributed by atoms with Crippen LogP contribution in [-0.2, 0) is 0 Å². The van der Waals surface area contributed by atoms with E-state index >= 15 is 0 Å². The van der Waals surface area contributed by atoms with E-state index in [0.717, 1.165) is 44.2 Å². The first-order valence-corrected chi connectivity index (χ1v) is 6.22. The van der Waals surface area contributed by atoms with Gasteiger partial charge in [-0.25, -0.2) is 8.78 Å². The molecule has 96 valence electrons. The van der Waals surface area contributed by atoms with Gasteiger partial charge in [0.15, 0.2) is 11.6 Å². The Balaban J connectivity index is 2.10. The topological polar surface area (TPSA) is 33.0 Å². The molecule has 1 aliphatic carbocycles. The third-order valence-corrected chi connectivity index (χ3v) is 3.30. The van der Waals surface area contributed by atoms with Crippen molar-refractivity contribution in [3.8, 4) is 11.8 Å². The Morgan fingerprint density at radius 1 is 1.11 bits per heavy atom. The number of nitriles is 1. The van der Waals surface area contributed by atoms with Crippen LogP contribution in [-0.4, -0.2) is 6.10 Å². The maximum Gasteiger partial charge on any atom is 0.162 e. The van der Waals surface area contributed by atoms with Crippen molar-refractivity contribution in [2.45, 2.75) is 38.2 Å². The van der Waals surface area contributed by atoms with Gasteiger partial charge < -0.3 is 4.74 Å². The first kappa shape index (κ1) is 12.8. The summed E-state index contributed by atoms with van der Waals surface area (Å²) in [6.45, 7) is 0. The van der Waals surface area contributed by atoms with E-state index < -0.39 is 11.6 Å². The molecular weight excluding hydrogens is 236 g/mol. The minimum Gasteiger partial charge on any atom is -0.489 e. The van der Waals surface area contributed by atoms with Gasteiger partial charge in [0, 0.05) is 6.07 Å². The van der Waals surface area contributed by atoms with Crippen LogP contribution in [0, 0.1) is 28.9 Å². The summed E-state index contributed by atoms with van der Waals surface area (Å²) >= 11 is 0. The number of halogens is 2. The van der Waals surface area contributed by atoms with E-state index in [0.29, 0.717) is 5.75 Å². The summed E-state index contributed by atoms with van der Waals surface area (Å²) in [4.78, 5) is 0. The largest absolute Gasteiger partial charge is 0.489 e. The molecule has 1 aromatic rings. The van der Waals surface area contributed by atoms with Crippen molar-refractivity contribution in [1.82, 2.24) is 0 Å². The van der Waals surface area contributed by atoms with Crippen molar-refractivity contribution >= 4 is 0 Å². The zero-order valence-corrected chi connectivity index (χ0v) is 10.0. The van der Waals surface area contributed by atoms with Gasteiger partial charge in [-0.3, -0.25) is 0 Å². The normalized spacial score (nSPS) is 24.1. The predicted molar refractivity (Wildman–Crippen MR) is 63.0 cm³/mol. The van der Waals surface area contributed by atoms with Crippen molar-refractivity contribution in [1.29, 1.82) is 5.26 Å². The molecule has 0 spiro atoms. The molecule has 4 heteroatoms. The molecule has 0 aliphatic heterocycles. The fourth-order valence-corrected chi connectivity index (χ4v) is 2.29. The highest BCUT2D eigenvalue weighted by molar-refractivity contribution is 5.24. The highest BCUT2D eigenvalue weighted by Crippen LogP contribution is 2.27. The van der Waals surface area contributed by atoms with Gasteiger partial charge in [-0.2, -0.15) is 5.26 Å². The van der Waals surface area contributed by atoms with Gasteiger partial charge in [0.2, 0.25) is 0 Å². The predicted octanol–water partition coefficient (Wildman–Crippen LogP) is 3.82. The molecule has 2 unspecified atom stereocenters. The van der Waals surface area contributed by atoms with E-state index in [9.17, 15) is 8.78 Å². The van der Waals surface area contributed by atoms with Gasteiger partial charge in [0.25, 0.3) is 0 Å². The van der Waals surface area contributed by atoms with Crippen molar-refractivity contribution in [2.24, 2.45) is 5.92 Å². The molecule has 0 N–H and O–H groups in total. The highest BCUT2D eigenvalue weighted by Gasteiger charge is 2.25. The number of hydrogen-bond acceptors (Lipinski definition) is 2. The minimum absolute atomic E-state index is 0.166. The first-order chi connectivity index (χ1) is 8.70. The van der Waals surface area contributed by atoms with Crippen LogP contribution in [0.2, 0.25) is 0 Å². The lowest BCUT2D eigenvalue weighted by molar-refractivity contribution is 0.151. The molecule has 0 aromatic heterocycles. The van der Waals surface area contributed by atoms with Crippen molar-refractivity contribution in [3.63, 3.8) is 0 Å². The van der Waals surface area contributed by atoms with E-state index in [1.165, 1.54) is 6.07 Å². The van der Waals surface area contributed by atoms with Crippen LogP contribution in [0.1, 0.15) is 32.1 Å². The Labute approximate surface area is 105 Å². The third kappa shape index (κ3) is 2.98. The third-order valence-electron chi connectivity index (χ3n) is 3.30. The van der Waals surface area contributed by atoms with Gasteiger partial charge in [-0.1, -0.05) is 12.8 Å². The average molecular weight is 251 g/mol. The fourth-order valence-electron chi connectivity index (χ4n) is 2.29. The van der Waals surface area contributed by atoms with Gasteiger partial charge in [-0.05, 0) is 31.4 Å². The van der Waals surface area contributed by atoms with Crippen LogP contribution in [0.3, 0.4) is 0 Å². The zero-order valence-electron chi connectivity index (χ0n) is 10.0. The van der Waals surface area contributed by atoms with E-state index in [2.05, 4.69) is 6.07 Å². The molecule has 0 bridgehead atoms. The quantitative estimate of drug-likeness (QED) is 0.749. The number of nitrogens with zero attached hydrogens (tertiary/aromatic N) is 1. The van der Waals surface area contributed by atoms with Crippen LogP contribution in [0.15, 0.2) is 18.2 Å². The van der Waals surface area contributed by atoms with Crippen molar-refractivity contribution in [2.75, 3.05) is 0 Å². The zero-order chi connectivity index (χ0) is 13.0. The van der Waals surface area contributed by atoms with Crippen LogP contribution >= 0.6 is 0 Å². The van der Waals surface area contributed by atoms with Gasteiger partial charge in [0.1, 0.15) is 11.9 Å². The Hall–Kier alpha value is -1.63. The molecule has 1 fully saturated rings. The molecule has 1 aromatic carbocycles. The van der Waals surface area contributed by atoms with E-state index in [4.69, 9.17) is 10.00 Å². The molecule has 0 radical (unpaired) electrons. The Bertz CT molecular complexity index is 456. The van der Waals surface area contributed by atoms with Crippen molar-refractivity contribution in [3.05, 3.63) is 29.8 Å². The van der Waals surface area contributed by atoms with Crippen LogP contribution < -0.4 is 4.74 Å². The lowest BCUT2D eigenvalue weighted by Gasteiger charge is -2.21. The molecule has 2 atom stereocenters. The van der Waals surface area contributed by atoms with Crippen LogP contribution in [0.5, 0.6) is 5.75 Å². The minimum atomic E-state index is -0.922. The molecule has 2 rings (SSSR count). The van der Waals surface area contributed by atoms with E-state index in [-0.39, 0.29) is 12.0 Å². The summed E-state index contributed by atoms with van der Waals surface area (Å²) in [5, 5.41) is 9.10. The molecule has 2 nitrogen and oxygen atoms in total. The summed E-state index contributed by atoms with van der Waals surface area (Å²) in [7, 11) is 0. The lowest BCUT2D eigenvalue weighted by atomic mass is 9.99. The summed E-state index contributed by atoms with van der Waals surface area (Å²) in [5.41, 5.74) is 0. The van der Waals surface area contributed by atoms with Gasteiger partial charge in [0.05, 0.1) is 12.0 Å². The molecule has 0 saturated heterocycles. The van der Waals surface area contributed by atoms with E-state index in [1.807, 2.05) is 0 Å². The highest BCUT2D eigenvalue weighted by atomic mass is 19.2. The van der Waals surface area contributed by atoms with Crippen LogP contribution in [0.25, 0.3) is 0 Å². The Kier molecular flexibility index (Phi) is 4.14. The van der Waals surface area contributed by atoms with Gasteiger partial charge in [-0.15, -0.1) is 0 Å². The fraction of sp³-hybridized carbons (Fsp3) is 0.500. The summed E-state index contributed by atoms with van der Waals surface area (Å²) < 4.78 is 31.5.